The molecule has 0 saturated carbocycles. The van der Waals surface area contributed by atoms with E-state index in [1.165, 1.54) is 5.56 Å². The number of nitrogens with zero attached hydrogens (tertiary/aromatic N) is 5. The number of nitrogens with two attached hydrogens (primary N) is 1. The van der Waals surface area contributed by atoms with Gasteiger partial charge >= 0.3 is 0 Å². The zero-order valence-corrected chi connectivity index (χ0v) is 19.9. The molecular formula is C25H28N8O3. The zero-order chi connectivity index (χ0) is 24.9. The van der Waals surface area contributed by atoms with Crippen LogP contribution in [0.25, 0.3) is 33.9 Å². The van der Waals surface area contributed by atoms with Crippen molar-refractivity contribution in [2.24, 2.45) is 0 Å². The largest absolute Gasteiger partial charge is 0.508 e. The monoisotopic (exact) mass is 488 g/mol. The van der Waals surface area contributed by atoms with Gasteiger partial charge in [-0.05, 0) is 73.0 Å². The number of fused-ring (bicyclic) bond motifs is 1. The van der Waals surface area contributed by atoms with Crippen LogP contribution in [-0.4, -0.2) is 54.6 Å². The van der Waals surface area contributed by atoms with Gasteiger partial charge in [0, 0.05) is 12.7 Å². The van der Waals surface area contributed by atoms with Gasteiger partial charge in [-0.3, -0.25) is 0 Å². The van der Waals surface area contributed by atoms with E-state index in [2.05, 4.69) is 25.6 Å². The Bertz CT molecular complexity index is 1420. The molecule has 0 radical (unpaired) electrons. The second kappa shape index (κ2) is 10.5. The van der Waals surface area contributed by atoms with Crippen molar-refractivity contribution in [3.05, 3.63) is 54.4 Å². The molecule has 0 aliphatic carbocycles. The minimum atomic E-state index is 0.176. The molecule has 4 aromatic heterocycles. The van der Waals surface area contributed by atoms with Crippen molar-refractivity contribution < 1.29 is 14.5 Å². The fraction of sp³-hybridized carbons (Fsp3) is 0.280. The second-order valence-electron chi connectivity index (χ2n) is 8.30. The van der Waals surface area contributed by atoms with Crippen LogP contribution in [0.3, 0.4) is 0 Å². The molecule has 0 saturated heterocycles. The summed E-state index contributed by atoms with van der Waals surface area (Å²) in [5.41, 5.74) is 10.6. The van der Waals surface area contributed by atoms with E-state index in [-0.39, 0.29) is 11.6 Å². The summed E-state index contributed by atoms with van der Waals surface area (Å²) in [6.45, 7) is 4.81. The standard InChI is InChI=1S/C25H28N8O3/c1-2-33-23-19(35-14-4-11-27-13-10-16-6-8-17(34)9-7-16)15-29-20(18-5-3-12-28-18)21(23)30-25(33)22-24(26)32-36-31-22/h3,5-9,12,15,27-28,34H,2,4,10-11,13-14H2,1H3,(H2,26,32). The minimum absolute atomic E-state index is 0.176. The molecule has 0 aliphatic heterocycles. The van der Waals surface area contributed by atoms with Gasteiger partial charge in [-0.15, -0.1) is 0 Å². The third kappa shape index (κ3) is 4.73. The molecule has 1 aromatic carbocycles. The third-order valence-electron chi connectivity index (χ3n) is 5.91. The number of imidazole rings is 1. The highest BCUT2D eigenvalue weighted by molar-refractivity contribution is 5.95. The van der Waals surface area contributed by atoms with Gasteiger partial charge in [-0.2, -0.15) is 0 Å². The van der Waals surface area contributed by atoms with Crippen molar-refractivity contribution in [3.8, 4) is 34.4 Å². The minimum Gasteiger partial charge on any atom is -0.508 e. The normalized spacial score (nSPS) is 11.4. The number of benzene rings is 1. The number of pyridine rings is 1. The molecule has 11 nitrogen and oxygen atoms in total. The predicted molar refractivity (Wildman–Crippen MR) is 135 cm³/mol. The number of aromatic nitrogens is 6. The lowest BCUT2D eigenvalue weighted by atomic mass is 10.1. The summed E-state index contributed by atoms with van der Waals surface area (Å²) >= 11 is 0. The van der Waals surface area contributed by atoms with Crippen LogP contribution in [0, 0.1) is 0 Å². The van der Waals surface area contributed by atoms with Crippen LogP contribution in [0.1, 0.15) is 18.9 Å². The SMILES string of the molecule is CCn1c(-c2nonc2N)nc2c(-c3ccc[nH]3)ncc(OCCCNCCc3ccc(O)cc3)c21. The molecule has 5 rings (SSSR count). The molecule has 0 aliphatic rings. The Labute approximate surface area is 207 Å². The van der Waals surface area contributed by atoms with Crippen LogP contribution in [0.15, 0.2) is 53.4 Å². The number of nitrogen functional groups attached to an aromatic ring is 1. The van der Waals surface area contributed by atoms with Crippen LogP contribution in [0.5, 0.6) is 11.5 Å². The summed E-state index contributed by atoms with van der Waals surface area (Å²) in [6.07, 6.45) is 5.30. The van der Waals surface area contributed by atoms with Gasteiger partial charge in [-0.25, -0.2) is 14.6 Å². The first-order chi connectivity index (χ1) is 17.7. The molecule has 4 heterocycles. The molecule has 0 unspecified atom stereocenters. The first-order valence-corrected chi connectivity index (χ1v) is 11.9. The molecule has 0 bridgehead atoms. The van der Waals surface area contributed by atoms with Crippen LogP contribution in [0.2, 0.25) is 0 Å². The van der Waals surface area contributed by atoms with Gasteiger partial charge < -0.3 is 30.4 Å². The van der Waals surface area contributed by atoms with Gasteiger partial charge in [0.1, 0.15) is 22.5 Å². The van der Waals surface area contributed by atoms with Gasteiger partial charge in [-0.1, -0.05) is 12.1 Å². The number of phenolic OH excluding ortho intramolecular Hbond substituents is 1. The van der Waals surface area contributed by atoms with Crippen LogP contribution in [-0.2, 0) is 13.0 Å². The van der Waals surface area contributed by atoms with Crippen molar-refractivity contribution >= 4 is 16.9 Å². The van der Waals surface area contributed by atoms with E-state index in [0.29, 0.717) is 41.6 Å². The molecule has 186 valence electrons. The van der Waals surface area contributed by atoms with E-state index in [1.807, 2.05) is 42.0 Å². The number of hydrogen-bond acceptors (Lipinski definition) is 9. The van der Waals surface area contributed by atoms with Crippen molar-refractivity contribution in [1.29, 1.82) is 0 Å². The summed E-state index contributed by atoms with van der Waals surface area (Å²) in [7, 11) is 0. The molecule has 11 heteroatoms. The number of hydrogen-bond donors (Lipinski definition) is 4. The third-order valence-corrected chi connectivity index (χ3v) is 5.91. The maximum atomic E-state index is 9.39. The molecular weight excluding hydrogens is 460 g/mol. The average molecular weight is 489 g/mol. The smallest absolute Gasteiger partial charge is 0.199 e. The molecule has 36 heavy (non-hydrogen) atoms. The highest BCUT2D eigenvalue weighted by atomic mass is 16.6. The molecule has 0 spiro atoms. The van der Waals surface area contributed by atoms with Gasteiger partial charge in [0.2, 0.25) is 0 Å². The number of phenols is 1. The zero-order valence-electron chi connectivity index (χ0n) is 19.9. The fourth-order valence-electron chi connectivity index (χ4n) is 4.13. The summed E-state index contributed by atoms with van der Waals surface area (Å²) in [5.74, 6) is 1.65. The van der Waals surface area contributed by atoms with E-state index in [9.17, 15) is 5.11 Å². The number of nitrogens with one attached hydrogen (secondary N) is 2. The van der Waals surface area contributed by atoms with Crippen molar-refractivity contribution in [1.82, 2.24) is 35.1 Å². The van der Waals surface area contributed by atoms with E-state index < -0.39 is 0 Å². The number of aromatic amines is 1. The number of anilines is 1. The average Bonchev–Trinajstić information content (AvgIpc) is 3.64. The first-order valence-electron chi connectivity index (χ1n) is 11.9. The van der Waals surface area contributed by atoms with Gasteiger partial charge in [0.05, 0.1) is 18.5 Å². The molecule has 0 atom stereocenters. The van der Waals surface area contributed by atoms with E-state index in [4.69, 9.17) is 20.1 Å². The molecule has 5 aromatic rings. The number of ether oxygens (including phenoxy) is 1. The topological polar surface area (TPSA) is 153 Å². The highest BCUT2D eigenvalue weighted by Crippen LogP contribution is 2.36. The highest BCUT2D eigenvalue weighted by Gasteiger charge is 2.24. The Kier molecular flexibility index (Phi) is 6.80. The van der Waals surface area contributed by atoms with Crippen molar-refractivity contribution in [2.45, 2.75) is 26.3 Å². The van der Waals surface area contributed by atoms with Crippen LogP contribution in [0.4, 0.5) is 5.82 Å². The lowest BCUT2D eigenvalue weighted by Crippen LogP contribution is -2.20. The molecule has 5 N–H and O–H groups in total. The Balaban J connectivity index is 1.31. The Morgan fingerprint density at radius 1 is 1.14 bits per heavy atom. The summed E-state index contributed by atoms with van der Waals surface area (Å²) in [4.78, 5) is 12.7. The summed E-state index contributed by atoms with van der Waals surface area (Å²) in [6, 6.07) is 11.1. The first kappa shape index (κ1) is 23.4. The summed E-state index contributed by atoms with van der Waals surface area (Å²) in [5, 5.41) is 20.5. The molecule has 0 fully saturated rings. The Morgan fingerprint density at radius 3 is 2.72 bits per heavy atom. The van der Waals surface area contributed by atoms with Gasteiger partial charge in [0.25, 0.3) is 0 Å². The number of aryl methyl sites for hydroxylation is 1. The number of rotatable bonds is 11. The quantitative estimate of drug-likeness (QED) is 0.205. The fourth-order valence-corrected chi connectivity index (χ4v) is 4.13. The summed E-state index contributed by atoms with van der Waals surface area (Å²) < 4.78 is 13.0. The van der Waals surface area contributed by atoms with Crippen molar-refractivity contribution in [2.75, 3.05) is 25.4 Å². The van der Waals surface area contributed by atoms with Crippen LogP contribution < -0.4 is 15.8 Å². The Morgan fingerprint density at radius 2 is 2.00 bits per heavy atom. The second-order valence-corrected chi connectivity index (χ2v) is 8.30. The van der Waals surface area contributed by atoms with Crippen molar-refractivity contribution in [3.63, 3.8) is 0 Å². The molecule has 0 amide bonds. The van der Waals surface area contributed by atoms with Gasteiger partial charge in [0.15, 0.2) is 23.1 Å². The maximum absolute atomic E-state index is 9.39. The van der Waals surface area contributed by atoms with E-state index in [0.717, 1.165) is 37.1 Å². The lowest BCUT2D eigenvalue weighted by molar-refractivity contribution is 0.309. The number of H-pyrrole nitrogens is 1. The van der Waals surface area contributed by atoms with Crippen LogP contribution >= 0.6 is 0 Å². The lowest BCUT2D eigenvalue weighted by Gasteiger charge is -2.12. The van der Waals surface area contributed by atoms with E-state index in [1.54, 1.807) is 18.3 Å². The van der Waals surface area contributed by atoms with E-state index >= 15 is 0 Å². The predicted octanol–water partition coefficient (Wildman–Crippen LogP) is 3.39. The maximum Gasteiger partial charge on any atom is 0.199 e. The number of aromatic hydroxyl groups is 1. The Hall–Kier alpha value is -4.38.